The van der Waals surface area contributed by atoms with Crippen molar-refractivity contribution < 1.29 is 14.3 Å². The van der Waals surface area contributed by atoms with Crippen LogP contribution in [0.3, 0.4) is 0 Å². The summed E-state index contributed by atoms with van der Waals surface area (Å²) in [5.74, 6) is 0.667. The van der Waals surface area contributed by atoms with Gasteiger partial charge in [-0.25, -0.2) is 0 Å². The summed E-state index contributed by atoms with van der Waals surface area (Å²) >= 11 is 0. The highest BCUT2D eigenvalue weighted by molar-refractivity contribution is 5.71. The first-order valence-electron chi connectivity index (χ1n) is 7.43. The molecule has 1 saturated carbocycles. The van der Waals surface area contributed by atoms with Crippen molar-refractivity contribution in [2.45, 2.75) is 38.9 Å². The van der Waals surface area contributed by atoms with Crippen LogP contribution < -0.4 is 10.5 Å². The molecule has 0 heterocycles. The average molecular weight is 292 g/mol. The second-order valence-corrected chi connectivity index (χ2v) is 5.29. The first kappa shape index (κ1) is 15.8. The fourth-order valence-electron chi connectivity index (χ4n) is 2.43. The van der Waals surface area contributed by atoms with E-state index in [-0.39, 0.29) is 5.97 Å². The Bertz CT molecular complexity index is 486. The Morgan fingerprint density at radius 2 is 2.19 bits per heavy atom. The van der Waals surface area contributed by atoms with E-state index in [9.17, 15) is 4.79 Å². The van der Waals surface area contributed by atoms with Gasteiger partial charge in [0.1, 0.15) is 5.75 Å². The molecule has 0 radical (unpaired) electrons. The van der Waals surface area contributed by atoms with Gasteiger partial charge in [-0.3, -0.25) is 9.69 Å². The summed E-state index contributed by atoms with van der Waals surface area (Å²) in [6, 6.07) is 6.43. The monoisotopic (exact) mass is 292 g/mol. The SMILES string of the molecule is CCOC(=O)CN(Cc1cc(CN)ccc1OC)C1CC1. The molecule has 5 heteroatoms. The smallest absolute Gasteiger partial charge is 0.320 e. The number of carbonyl (C=O) groups is 1. The molecule has 0 aliphatic heterocycles. The quantitative estimate of drug-likeness (QED) is 0.739. The fraction of sp³-hybridized carbons (Fsp3) is 0.562. The van der Waals surface area contributed by atoms with Gasteiger partial charge in [-0.1, -0.05) is 6.07 Å². The van der Waals surface area contributed by atoms with E-state index in [2.05, 4.69) is 11.0 Å². The Balaban J connectivity index is 2.10. The summed E-state index contributed by atoms with van der Waals surface area (Å²) in [6.07, 6.45) is 2.27. The third-order valence-corrected chi connectivity index (χ3v) is 3.65. The Labute approximate surface area is 126 Å². The molecule has 1 aromatic carbocycles. The van der Waals surface area contributed by atoms with Gasteiger partial charge in [-0.2, -0.15) is 0 Å². The lowest BCUT2D eigenvalue weighted by Gasteiger charge is -2.22. The molecular formula is C16H24N2O3. The van der Waals surface area contributed by atoms with Crippen LogP contribution in [-0.2, 0) is 22.6 Å². The number of hydrogen-bond donors (Lipinski definition) is 1. The van der Waals surface area contributed by atoms with E-state index in [1.807, 2.05) is 19.1 Å². The molecule has 21 heavy (non-hydrogen) atoms. The Morgan fingerprint density at radius 3 is 2.76 bits per heavy atom. The summed E-state index contributed by atoms with van der Waals surface area (Å²) in [5.41, 5.74) is 7.84. The van der Waals surface area contributed by atoms with E-state index in [1.165, 1.54) is 0 Å². The first-order valence-corrected chi connectivity index (χ1v) is 7.43. The lowest BCUT2D eigenvalue weighted by molar-refractivity contribution is -0.144. The Hall–Kier alpha value is -1.59. The van der Waals surface area contributed by atoms with Crippen LogP contribution in [0.25, 0.3) is 0 Å². The summed E-state index contributed by atoms with van der Waals surface area (Å²) in [6.45, 7) is 3.75. The summed E-state index contributed by atoms with van der Waals surface area (Å²) < 4.78 is 10.5. The van der Waals surface area contributed by atoms with Crippen LogP contribution in [0.1, 0.15) is 30.9 Å². The van der Waals surface area contributed by atoms with Crippen molar-refractivity contribution in [2.75, 3.05) is 20.3 Å². The van der Waals surface area contributed by atoms with Crippen molar-refractivity contribution >= 4 is 5.97 Å². The van der Waals surface area contributed by atoms with E-state index in [1.54, 1.807) is 7.11 Å². The molecule has 1 aliphatic carbocycles. The van der Waals surface area contributed by atoms with E-state index in [0.29, 0.717) is 32.3 Å². The number of methoxy groups -OCH3 is 1. The molecule has 2 N–H and O–H groups in total. The average Bonchev–Trinajstić information content (AvgIpc) is 3.31. The second kappa shape index (κ2) is 7.43. The van der Waals surface area contributed by atoms with Crippen molar-refractivity contribution in [2.24, 2.45) is 5.73 Å². The standard InChI is InChI=1S/C16H24N2O3/c1-3-21-16(19)11-18(14-5-6-14)10-13-8-12(9-17)4-7-15(13)20-2/h4,7-8,14H,3,5-6,9-11,17H2,1-2H3. The normalized spacial score (nSPS) is 14.3. The van der Waals surface area contributed by atoms with E-state index >= 15 is 0 Å². The van der Waals surface area contributed by atoms with Gasteiger partial charge in [0.2, 0.25) is 0 Å². The van der Waals surface area contributed by atoms with Crippen molar-refractivity contribution in [3.63, 3.8) is 0 Å². The minimum Gasteiger partial charge on any atom is -0.496 e. The number of nitrogens with two attached hydrogens (primary N) is 1. The topological polar surface area (TPSA) is 64.8 Å². The predicted molar refractivity (Wildman–Crippen MR) is 81.0 cm³/mol. The second-order valence-electron chi connectivity index (χ2n) is 5.29. The van der Waals surface area contributed by atoms with E-state index in [4.69, 9.17) is 15.2 Å². The number of esters is 1. The number of benzene rings is 1. The van der Waals surface area contributed by atoms with Gasteiger partial charge in [0.25, 0.3) is 0 Å². The van der Waals surface area contributed by atoms with Gasteiger partial charge in [0, 0.05) is 24.7 Å². The zero-order valence-electron chi connectivity index (χ0n) is 12.8. The number of ether oxygens (including phenoxy) is 2. The molecule has 1 aliphatic rings. The minimum atomic E-state index is -0.168. The maximum Gasteiger partial charge on any atom is 0.320 e. The molecule has 2 rings (SSSR count). The molecular weight excluding hydrogens is 268 g/mol. The highest BCUT2D eigenvalue weighted by Gasteiger charge is 2.31. The largest absolute Gasteiger partial charge is 0.496 e. The fourth-order valence-corrected chi connectivity index (χ4v) is 2.43. The molecule has 0 spiro atoms. The zero-order chi connectivity index (χ0) is 15.2. The molecule has 0 bridgehead atoms. The molecule has 0 saturated heterocycles. The van der Waals surface area contributed by atoms with E-state index < -0.39 is 0 Å². The van der Waals surface area contributed by atoms with Crippen molar-refractivity contribution in [1.82, 2.24) is 4.90 Å². The van der Waals surface area contributed by atoms with Crippen LogP contribution in [0.5, 0.6) is 5.75 Å². The van der Waals surface area contributed by atoms with Gasteiger partial charge in [0.15, 0.2) is 0 Å². The molecule has 116 valence electrons. The molecule has 0 aromatic heterocycles. The van der Waals surface area contributed by atoms with Crippen molar-refractivity contribution in [3.05, 3.63) is 29.3 Å². The zero-order valence-corrected chi connectivity index (χ0v) is 12.8. The first-order chi connectivity index (χ1) is 10.2. The molecule has 1 fully saturated rings. The Kier molecular flexibility index (Phi) is 5.59. The van der Waals surface area contributed by atoms with Crippen LogP contribution in [0, 0.1) is 0 Å². The summed E-state index contributed by atoms with van der Waals surface area (Å²) in [4.78, 5) is 13.9. The number of rotatable bonds is 8. The maximum atomic E-state index is 11.7. The van der Waals surface area contributed by atoms with Gasteiger partial charge in [-0.15, -0.1) is 0 Å². The lowest BCUT2D eigenvalue weighted by Crippen LogP contribution is -2.32. The number of hydrogen-bond acceptors (Lipinski definition) is 5. The maximum absolute atomic E-state index is 11.7. The van der Waals surface area contributed by atoms with Crippen molar-refractivity contribution in [3.8, 4) is 5.75 Å². The number of nitrogens with zero attached hydrogens (tertiary/aromatic N) is 1. The highest BCUT2D eigenvalue weighted by Crippen LogP contribution is 2.30. The number of carbonyl (C=O) groups excluding carboxylic acids is 1. The van der Waals surface area contributed by atoms with Crippen LogP contribution >= 0.6 is 0 Å². The third kappa shape index (κ3) is 4.44. The van der Waals surface area contributed by atoms with Crippen LogP contribution in [0.15, 0.2) is 18.2 Å². The molecule has 0 atom stereocenters. The summed E-state index contributed by atoms with van der Waals surface area (Å²) in [5, 5.41) is 0. The highest BCUT2D eigenvalue weighted by atomic mass is 16.5. The molecule has 0 unspecified atom stereocenters. The lowest BCUT2D eigenvalue weighted by atomic mass is 10.1. The Morgan fingerprint density at radius 1 is 1.43 bits per heavy atom. The van der Waals surface area contributed by atoms with Crippen LogP contribution in [0.4, 0.5) is 0 Å². The van der Waals surface area contributed by atoms with Gasteiger partial charge >= 0.3 is 5.97 Å². The van der Waals surface area contributed by atoms with Gasteiger partial charge < -0.3 is 15.2 Å². The molecule has 5 nitrogen and oxygen atoms in total. The third-order valence-electron chi connectivity index (χ3n) is 3.65. The molecule has 1 aromatic rings. The summed E-state index contributed by atoms with van der Waals surface area (Å²) in [7, 11) is 1.66. The van der Waals surface area contributed by atoms with Crippen molar-refractivity contribution in [1.29, 1.82) is 0 Å². The molecule has 0 amide bonds. The van der Waals surface area contributed by atoms with E-state index in [0.717, 1.165) is 29.7 Å². The van der Waals surface area contributed by atoms with Crippen LogP contribution in [0.2, 0.25) is 0 Å². The predicted octanol–water partition coefficient (Wildman–Crippen LogP) is 1.68. The van der Waals surface area contributed by atoms with Crippen LogP contribution in [-0.4, -0.2) is 37.2 Å². The van der Waals surface area contributed by atoms with Gasteiger partial charge in [-0.05, 0) is 37.5 Å². The minimum absolute atomic E-state index is 0.168. The van der Waals surface area contributed by atoms with Gasteiger partial charge in [0.05, 0.1) is 20.3 Å².